The van der Waals surface area contributed by atoms with Crippen LogP contribution in [0.25, 0.3) is 0 Å². The molecule has 3 N–H and O–H groups in total. The first-order valence-corrected chi connectivity index (χ1v) is 4.47. The minimum Gasteiger partial charge on any atom is -0.465 e. The molecule has 0 fully saturated rings. The third-order valence-electron chi connectivity index (χ3n) is 1.41. The molecule has 0 unspecified atom stereocenters. The Labute approximate surface area is 83.3 Å². The second-order valence-electron chi connectivity index (χ2n) is 2.62. The van der Waals surface area contributed by atoms with E-state index < -0.39 is 6.03 Å². The molecule has 0 radical (unpaired) electrons. The van der Waals surface area contributed by atoms with E-state index in [9.17, 15) is 9.59 Å². The van der Waals surface area contributed by atoms with Gasteiger partial charge in [-0.25, -0.2) is 4.79 Å². The van der Waals surface area contributed by atoms with E-state index in [-0.39, 0.29) is 18.9 Å². The van der Waals surface area contributed by atoms with Gasteiger partial charge in [-0.2, -0.15) is 0 Å². The van der Waals surface area contributed by atoms with Gasteiger partial charge in [0.05, 0.1) is 13.0 Å². The third-order valence-corrected chi connectivity index (χ3v) is 1.41. The summed E-state index contributed by atoms with van der Waals surface area (Å²) in [7, 11) is 0. The fraction of sp³-hybridized carbons (Fsp3) is 0.556. The molecule has 0 spiro atoms. The third kappa shape index (κ3) is 8.58. The number of rotatable bonds is 6. The summed E-state index contributed by atoms with van der Waals surface area (Å²) in [5, 5.41) is 2.30. The average molecular weight is 200 g/mol. The van der Waals surface area contributed by atoms with E-state index in [1.807, 2.05) is 19.1 Å². The highest BCUT2D eigenvalue weighted by Crippen LogP contribution is 1.89. The Morgan fingerprint density at radius 3 is 2.79 bits per heavy atom. The molecule has 0 aliphatic heterocycles. The van der Waals surface area contributed by atoms with Gasteiger partial charge in [0.15, 0.2) is 0 Å². The van der Waals surface area contributed by atoms with Gasteiger partial charge in [0.1, 0.15) is 0 Å². The summed E-state index contributed by atoms with van der Waals surface area (Å²) in [5.74, 6) is -0.330. The van der Waals surface area contributed by atoms with Gasteiger partial charge in [-0.15, -0.1) is 0 Å². The van der Waals surface area contributed by atoms with Crippen LogP contribution in [0.15, 0.2) is 12.2 Å². The Bertz CT molecular complexity index is 214. The van der Waals surface area contributed by atoms with Crippen LogP contribution in [-0.4, -0.2) is 25.2 Å². The molecule has 0 aromatic rings. The summed E-state index contributed by atoms with van der Waals surface area (Å²) in [6.07, 6.45) is 4.67. The standard InChI is InChI=1S/C9H16N2O3/c1-2-3-4-7-14-8(12)5-6-11-9(10)13/h2-3H,4-7H2,1H3,(H3,10,11,13). The van der Waals surface area contributed by atoms with E-state index in [0.29, 0.717) is 13.0 Å². The van der Waals surface area contributed by atoms with E-state index in [0.717, 1.165) is 0 Å². The maximum atomic E-state index is 10.9. The molecule has 0 rings (SSSR count). The average Bonchev–Trinajstić information content (AvgIpc) is 2.12. The predicted molar refractivity (Wildman–Crippen MR) is 52.6 cm³/mol. The molecule has 0 heterocycles. The Hall–Kier alpha value is -1.52. The normalized spacial score (nSPS) is 10.1. The van der Waals surface area contributed by atoms with Gasteiger partial charge in [-0.3, -0.25) is 4.79 Å². The highest BCUT2D eigenvalue weighted by Gasteiger charge is 2.01. The molecule has 80 valence electrons. The van der Waals surface area contributed by atoms with Gasteiger partial charge in [0, 0.05) is 6.54 Å². The van der Waals surface area contributed by atoms with E-state index >= 15 is 0 Å². The van der Waals surface area contributed by atoms with Crippen LogP contribution in [0.3, 0.4) is 0 Å². The number of carbonyl (C=O) groups is 2. The molecular weight excluding hydrogens is 184 g/mol. The lowest BCUT2D eigenvalue weighted by atomic mass is 10.4. The zero-order chi connectivity index (χ0) is 10.8. The van der Waals surface area contributed by atoms with Crippen molar-refractivity contribution >= 4 is 12.0 Å². The molecule has 0 bridgehead atoms. The van der Waals surface area contributed by atoms with Crippen LogP contribution < -0.4 is 11.1 Å². The number of nitrogens with two attached hydrogens (primary N) is 1. The quantitative estimate of drug-likeness (QED) is 0.373. The van der Waals surface area contributed by atoms with Gasteiger partial charge in [0.2, 0.25) is 0 Å². The fourth-order valence-electron chi connectivity index (χ4n) is 0.767. The smallest absolute Gasteiger partial charge is 0.312 e. The second-order valence-corrected chi connectivity index (χ2v) is 2.62. The molecule has 0 saturated carbocycles. The van der Waals surface area contributed by atoms with Crippen molar-refractivity contribution in [2.75, 3.05) is 13.2 Å². The van der Waals surface area contributed by atoms with Crippen LogP contribution >= 0.6 is 0 Å². The van der Waals surface area contributed by atoms with Gasteiger partial charge in [-0.1, -0.05) is 12.2 Å². The number of hydrogen-bond acceptors (Lipinski definition) is 3. The Balaban J connectivity index is 3.32. The van der Waals surface area contributed by atoms with Crippen molar-refractivity contribution in [3.63, 3.8) is 0 Å². The summed E-state index contributed by atoms with van der Waals surface area (Å²) in [5.41, 5.74) is 4.81. The Morgan fingerprint density at radius 2 is 2.21 bits per heavy atom. The van der Waals surface area contributed by atoms with Gasteiger partial charge in [0.25, 0.3) is 0 Å². The van der Waals surface area contributed by atoms with Crippen LogP contribution in [0.1, 0.15) is 19.8 Å². The number of urea groups is 1. The van der Waals surface area contributed by atoms with Crippen molar-refractivity contribution < 1.29 is 14.3 Å². The number of hydrogen-bond donors (Lipinski definition) is 2. The van der Waals surface area contributed by atoms with E-state index in [2.05, 4.69) is 5.32 Å². The summed E-state index contributed by atoms with van der Waals surface area (Å²) in [4.78, 5) is 21.2. The van der Waals surface area contributed by atoms with E-state index in [4.69, 9.17) is 10.5 Å². The minimum atomic E-state index is -0.633. The van der Waals surface area contributed by atoms with E-state index in [1.54, 1.807) is 0 Å². The molecule has 14 heavy (non-hydrogen) atoms. The SMILES string of the molecule is CC=CCCOC(=O)CCNC(N)=O. The largest absolute Gasteiger partial charge is 0.465 e. The number of nitrogens with one attached hydrogen (secondary N) is 1. The van der Waals surface area contributed by atoms with Crippen molar-refractivity contribution in [1.82, 2.24) is 5.32 Å². The van der Waals surface area contributed by atoms with Crippen LogP contribution in [0, 0.1) is 0 Å². The van der Waals surface area contributed by atoms with Gasteiger partial charge >= 0.3 is 12.0 Å². The zero-order valence-corrected chi connectivity index (χ0v) is 8.29. The predicted octanol–water partition coefficient (Wildman–Crippen LogP) is 0.554. The molecule has 5 heteroatoms. The number of carbonyl (C=O) groups excluding carboxylic acids is 2. The monoisotopic (exact) mass is 200 g/mol. The van der Waals surface area contributed by atoms with Crippen LogP contribution in [0.2, 0.25) is 0 Å². The van der Waals surface area contributed by atoms with Gasteiger partial charge < -0.3 is 15.8 Å². The number of amides is 2. The summed E-state index contributed by atoms with van der Waals surface area (Å²) in [6, 6.07) is -0.633. The molecule has 2 amide bonds. The first kappa shape index (κ1) is 12.5. The van der Waals surface area contributed by atoms with Crippen molar-refractivity contribution in [3.8, 4) is 0 Å². The highest BCUT2D eigenvalue weighted by atomic mass is 16.5. The lowest BCUT2D eigenvalue weighted by Crippen LogP contribution is -2.31. The summed E-state index contributed by atoms with van der Waals surface area (Å²) in [6.45, 7) is 2.50. The number of allylic oxidation sites excluding steroid dienone is 1. The topological polar surface area (TPSA) is 81.4 Å². The summed E-state index contributed by atoms with van der Waals surface area (Å²) >= 11 is 0. The maximum absolute atomic E-state index is 10.9. The zero-order valence-electron chi connectivity index (χ0n) is 8.29. The van der Waals surface area contributed by atoms with Crippen molar-refractivity contribution in [2.24, 2.45) is 5.73 Å². The molecular formula is C9H16N2O3. The van der Waals surface area contributed by atoms with Crippen LogP contribution in [-0.2, 0) is 9.53 Å². The number of esters is 1. The fourth-order valence-corrected chi connectivity index (χ4v) is 0.767. The van der Waals surface area contributed by atoms with Crippen molar-refractivity contribution in [3.05, 3.63) is 12.2 Å². The first-order valence-electron chi connectivity index (χ1n) is 4.47. The number of ether oxygens (including phenoxy) is 1. The van der Waals surface area contributed by atoms with Gasteiger partial charge in [-0.05, 0) is 13.3 Å². The maximum Gasteiger partial charge on any atom is 0.312 e. The highest BCUT2D eigenvalue weighted by molar-refractivity contribution is 5.73. The molecule has 0 aliphatic rings. The van der Waals surface area contributed by atoms with Crippen LogP contribution in [0.4, 0.5) is 4.79 Å². The second kappa shape index (κ2) is 8.10. The molecule has 0 aliphatic carbocycles. The minimum absolute atomic E-state index is 0.152. The summed E-state index contributed by atoms with van der Waals surface area (Å²) < 4.78 is 4.84. The molecule has 0 aromatic heterocycles. The van der Waals surface area contributed by atoms with E-state index in [1.165, 1.54) is 0 Å². The Morgan fingerprint density at radius 1 is 1.50 bits per heavy atom. The van der Waals surface area contributed by atoms with Crippen molar-refractivity contribution in [1.29, 1.82) is 0 Å². The lowest BCUT2D eigenvalue weighted by molar-refractivity contribution is -0.143. The lowest BCUT2D eigenvalue weighted by Gasteiger charge is -2.02. The molecule has 0 aromatic carbocycles. The van der Waals surface area contributed by atoms with Crippen molar-refractivity contribution in [2.45, 2.75) is 19.8 Å². The molecule has 0 saturated heterocycles. The number of primary amides is 1. The Kier molecular flexibility index (Phi) is 7.22. The van der Waals surface area contributed by atoms with Crippen LogP contribution in [0.5, 0.6) is 0 Å². The molecule has 5 nitrogen and oxygen atoms in total. The molecule has 0 atom stereocenters. The first-order chi connectivity index (χ1) is 6.66.